The molecule has 0 saturated heterocycles. The Morgan fingerprint density at radius 3 is 2.33 bits per heavy atom. The van der Waals surface area contributed by atoms with Crippen LogP contribution in [0.15, 0.2) is 0 Å². The summed E-state index contributed by atoms with van der Waals surface area (Å²) in [7, 11) is -3.35. The van der Waals surface area contributed by atoms with Gasteiger partial charge in [0.25, 0.3) is 0 Å². The molecule has 12 heavy (non-hydrogen) atoms. The number of hydrogen-bond donors (Lipinski definition) is 2. The predicted molar refractivity (Wildman–Crippen MR) is 45.1 cm³/mol. The Morgan fingerprint density at radius 1 is 1.50 bits per heavy atom. The first-order valence-electron chi connectivity index (χ1n) is 3.58. The van der Waals surface area contributed by atoms with Crippen molar-refractivity contribution in [1.82, 2.24) is 4.72 Å². The van der Waals surface area contributed by atoms with E-state index in [0.29, 0.717) is 0 Å². The van der Waals surface area contributed by atoms with E-state index in [9.17, 15) is 8.42 Å². The van der Waals surface area contributed by atoms with Gasteiger partial charge < -0.3 is 9.84 Å². The van der Waals surface area contributed by atoms with Crippen molar-refractivity contribution in [1.29, 1.82) is 0 Å². The van der Waals surface area contributed by atoms with E-state index in [-0.39, 0.29) is 12.7 Å². The predicted octanol–water partition coefficient (Wildman–Crippen LogP) is -0.721. The normalized spacial score (nSPS) is 15.1. The largest absolute Gasteiger partial charge is 0.375 e. The number of aliphatic hydroxyl groups is 1. The standard InChI is InChI=1S/C6H15NO4S/c1-5(2)11-4-6(8)7-12(3,9)10/h5-8H,4H2,1-3H3. The summed E-state index contributed by atoms with van der Waals surface area (Å²) in [5.41, 5.74) is 0. The zero-order chi connectivity index (χ0) is 9.78. The molecule has 0 aliphatic rings. The average Bonchev–Trinajstić information content (AvgIpc) is 1.79. The van der Waals surface area contributed by atoms with Gasteiger partial charge in [0.1, 0.15) is 6.23 Å². The van der Waals surface area contributed by atoms with E-state index in [1.807, 2.05) is 4.72 Å². The molecule has 0 aliphatic heterocycles. The quantitative estimate of drug-likeness (QED) is 0.570. The van der Waals surface area contributed by atoms with Gasteiger partial charge in [0, 0.05) is 0 Å². The molecule has 0 rings (SSSR count). The van der Waals surface area contributed by atoms with Crippen LogP contribution in [0.1, 0.15) is 13.8 Å². The van der Waals surface area contributed by atoms with E-state index in [1.54, 1.807) is 13.8 Å². The lowest BCUT2D eigenvalue weighted by Crippen LogP contribution is -2.37. The maximum atomic E-state index is 10.6. The van der Waals surface area contributed by atoms with E-state index < -0.39 is 16.3 Å². The molecule has 0 aromatic carbocycles. The minimum Gasteiger partial charge on any atom is -0.375 e. The molecule has 0 aromatic rings. The number of aliphatic hydroxyl groups excluding tert-OH is 1. The summed E-state index contributed by atoms with van der Waals surface area (Å²) >= 11 is 0. The summed E-state index contributed by atoms with van der Waals surface area (Å²) in [6.45, 7) is 3.56. The van der Waals surface area contributed by atoms with Crippen molar-refractivity contribution in [3.8, 4) is 0 Å². The second-order valence-electron chi connectivity index (χ2n) is 2.79. The number of sulfonamides is 1. The molecule has 0 bridgehead atoms. The lowest BCUT2D eigenvalue weighted by molar-refractivity contribution is 0.00159. The summed E-state index contributed by atoms with van der Waals surface area (Å²) in [6.07, 6.45) is -0.214. The summed E-state index contributed by atoms with van der Waals surface area (Å²) in [6, 6.07) is 0. The molecular formula is C6H15NO4S. The Bertz CT molecular complexity index is 212. The number of hydrogen-bond acceptors (Lipinski definition) is 4. The number of rotatable bonds is 5. The Morgan fingerprint density at radius 2 is 2.00 bits per heavy atom. The molecule has 0 aromatic heterocycles. The van der Waals surface area contributed by atoms with Crippen molar-refractivity contribution >= 4 is 10.0 Å². The highest BCUT2D eigenvalue weighted by Crippen LogP contribution is 1.90. The monoisotopic (exact) mass is 197 g/mol. The van der Waals surface area contributed by atoms with Crippen LogP contribution in [0.5, 0.6) is 0 Å². The number of ether oxygens (including phenoxy) is 1. The van der Waals surface area contributed by atoms with Gasteiger partial charge in [-0.2, -0.15) is 4.72 Å². The molecule has 0 aliphatic carbocycles. The van der Waals surface area contributed by atoms with Gasteiger partial charge in [0.2, 0.25) is 10.0 Å². The highest BCUT2D eigenvalue weighted by atomic mass is 32.2. The molecular weight excluding hydrogens is 182 g/mol. The second-order valence-corrected chi connectivity index (χ2v) is 4.57. The smallest absolute Gasteiger partial charge is 0.210 e. The van der Waals surface area contributed by atoms with Crippen molar-refractivity contribution in [3.63, 3.8) is 0 Å². The van der Waals surface area contributed by atoms with Gasteiger partial charge in [-0.1, -0.05) is 0 Å². The van der Waals surface area contributed by atoms with Crippen molar-refractivity contribution in [2.24, 2.45) is 0 Å². The zero-order valence-corrected chi connectivity index (χ0v) is 8.26. The SMILES string of the molecule is CC(C)OCC(O)NS(C)(=O)=O. The Labute approximate surface area is 72.8 Å². The summed E-state index contributed by atoms with van der Waals surface area (Å²) < 4.78 is 28.1. The third-order valence-electron chi connectivity index (χ3n) is 0.938. The van der Waals surface area contributed by atoms with Crippen molar-refractivity contribution in [3.05, 3.63) is 0 Å². The van der Waals surface area contributed by atoms with Crippen molar-refractivity contribution < 1.29 is 18.3 Å². The van der Waals surface area contributed by atoms with E-state index in [4.69, 9.17) is 9.84 Å². The fraction of sp³-hybridized carbons (Fsp3) is 1.00. The van der Waals surface area contributed by atoms with Crippen LogP contribution in [0.3, 0.4) is 0 Å². The van der Waals surface area contributed by atoms with Crippen LogP contribution >= 0.6 is 0 Å². The molecule has 0 spiro atoms. The van der Waals surface area contributed by atoms with Crippen LogP contribution in [0, 0.1) is 0 Å². The third-order valence-corrected chi connectivity index (χ3v) is 1.64. The molecule has 1 atom stereocenters. The highest BCUT2D eigenvalue weighted by Gasteiger charge is 2.10. The summed E-state index contributed by atoms with van der Waals surface area (Å²) in [5, 5.41) is 9.02. The molecule has 0 radical (unpaired) electrons. The van der Waals surface area contributed by atoms with Gasteiger partial charge in [-0.3, -0.25) is 0 Å². The van der Waals surface area contributed by atoms with Crippen LogP contribution < -0.4 is 4.72 Å². The van der Waals surface area contributed by atoms with E-state index in [0.717, 1.165) is 6.26 Å². The topological polar surface area (TPSA) is 75.6 Å². The van der Waals surface area contributed by atoms with Crippen LogP contribution in [0.4, 0.5) is 0 Å². The van der Waals surface area contributed by atoms with Crippen molar-refractivity contribution in [2.75, 3.05) is 12.9 Å². The molecule has 0 amide bonds. The lowest BCUT2D eigenvalue weighted by atomic mass is 10.5. The molecule has 2 N–H and O–H groups in total. The molecule has 0 saturated carbocycles. The third kappa shape index (κ3) is 7.93. The maximum Gasteiger partial charge on any atom is 0.210 e. The van der Waals surface area contributed by atoms with Gasteiger partial charge in [0.15, 0.2) is 0 Å². The van der Waals surface area contributed by atoms with Crippen LogP contribution in [-0.4, -0.2) is 38.7 Å². The van der Waals surface area contributed by atoms with E-state index in [2.05, 4.69) is 0 Å². The average molecular weight is 197 g/mol. The van der Waals surface area contributed by atoms with E-state index >= 15 is 0 Å². The van der Waals surface area contributed by atoms with E-state index in [1.165, 1.54) is 0 Å². The molecule has 74 valence electrons. The van der Waals surface area contributed by atoms with Crippen LogP contribution in [-0.2, 0) is 14.8 Å². The molecule has 1 unspecified atom stereocenters. The first kappa shape index (κ1) is 11.8. The molecule has 5 nitrogen and oxygen atoms in total. The van der Waals surface area contributed by atoms with Crippen molar-refractivity contribution in [2.45, 2.75) is 26.2 Å². The first-order valence-corrected chi connectivity index (χ1v) is 5.47. The summed E-state index contributed by atoms with van der Waals surface area (Å²) in [5.74, 6) is 0. The highest BCUT2D eigenvalue weighted by molar-refractivity contribution is 7.88. The van der Waals surface area contributed by atoms with Crippen LogP contribution in [0.2, 0.25) is 0 Å². The summed E-state index contributed by atoms with van der Waals surface area (Å²) in [4.78, 5) is 0. The Balaban J connectivity index is 3.68. The molecule has 6 heteroatoms. The van der Waals surface area contributed by atoms with Gasteiger partial charge in [0.05, 0.1) is 19.0 Å². The maximum absolute atomic E-state index is 10.6. The van der Waals surface area contributed by atoms with Gasteiger partial charge >= 0.3 is 0 Å². The minimum absolute atomic E-state index is 0.0268. The zero-order valence-electron chi connectivity index (χ0n) is 7.44. The minimum atomic E-state index is -3.35. The van der Waals surface area contributed by atoms with Crippen LogP contribution in [0.25, 0.3) is 0 Å². The molecule has 0 fully saturated rings. The number of nitrogens with one attached hydrogen (secondary N) is 1. The first-order chi connectivity index (χ1) is 5.31. The fourth-order valence-corrected chi connectivity index (χ4v) is 1.13. The van der Waals surface area contributed by atoms with Gasteiger partial charge in [-0.05, 0) is 13.8 Å². The molecule has 0 heterocycles. The Hall–Kier alpha value is -0.170. The van der Waals surface area contributed by atoms with Gasteiger partial charge in [-0.25, -0.2) is 8.42 Å². The van der Waals surface area contributed by atoms with Gasteiger partial charge in [-0.15, -0.1) is 0 Å². The fourth-order valence-electron chi connectivity index (χ4n) is 0.565. The second kappa shape index (κ2) is 4.76. The Kier molecular flexibility index (Phi) is 4.69. The lowest BCUT2D eigenvalue weighted by Gasteiger charge is -2.13.